The molecule has 6 heteroatoms. The zero-order valence-electron chi connectivity index (χ0n) is 10.5. The van der Waals surface area contributed by atoms with E-state index in [-0.39, 0.29) is 12.0 Å². The van der Waals surface area contributed by atoms with Crippen molar-refractivity contribution in [1.29, 1.82) is 0 Å². The first-order valence-corrected chi connectivity index (χ1v) is 6.57. The van der Waals surface area contributed by atoms with Crippen LogP contribution >= 0.6 is 0 Å². The van der Waals surface area contributed by atoms with Gasteiger partial charge in [0.2, 0.25) is 5.91 Å². The van der Waals surface area contributed by atoms with E-state index in [4.69, 9.17) is 4.74 Å². The van der Waals surface area contributed by atoms with E-state index in [9.17, 15) is 4.79 Å². The molecule has 0 radical (unpaired) electrons. The summed E-state index contributed by atoms with van der Waals surface area (Å²) in [5, 5.41) is 9.39. The largest absolute Gasteiger partial charge is 0.378 e. The van der Waals surface area contributed by atoms with Gasteiger partial charge in [0.25, 0.3) is 0 Å². The normalized spacial score (nSPS) is 19.7. The molecule has 1 fully saturated rings. The number of carbonyl (C=O) groups is 1. The van der Waals surface area contributed by atoms with E-state index < -0.39 is 0 Å². The molecule has 18 heavy (non-hydrogen) atoms. The summed E-state index contributed by atoms with van der Waals surface area (Å²) in [7, 11) is 0. The molecule has 1 atom stereocenters. The third-order valence-electron chi connectivity index (χ3n) is 3.12. The average Bonchev–Trinajstić information content (AvgIpc) is 2.91. The number of hydrogen-bond acceptors (Lipinski definition) is 4. The fourth-order valence-electron chi connectivity index (χ4n) is 2.09. The molecule has 1 aromatic heterocycles. The molecule has 0 aliphatic carbocycles. The lowest BCUT2D eigenvalue weighted by molar-refractivity contribution is -0.122. The van der Waals surface area contributed by atoms with Gasteiger partial charge in [-0.25, -0.2) is 4.98 Å². The van der Waals surface area contributed by atoms with Crippen molar-refractivity contribution in [3.8, 4) is 0 Å². The Kier molecular flexibility index (Phi) is 5.14. The Morgan fingerprint density at radius 1 is 1.56 bits per heavy atom. The Hall–Kier alpha value is -1.43. The fraction of sp³-hybridized carbons (Fsp3) is 0.750. The Morgan fingerprint density at radius 2 is 2.50 bits per heavy atom. The standard InChI is InChI=1S/C12H20N4O2/c17-12(5-4-10-3-1-2-8-18-10)13-7-6-11-14-9-15-16-11/h9-10H,1-8H2,(H,13,17)(H,14,15,16). The van der Waals surface area contributed by atoms with Crippen molar-refractivity contribution in [2.45, 2.75) is 44.6 Å². The molecule has 2 heterocycles. The molecule has 0 aromatic carbocycles. The lowest BCUT2D eigenvalue weighted by Crippen LogP contribution is -2.28. The van der Waals surface area contributed by atoms with Crippen LogP contribution in [0.1, 0.15) is 37.9 Å². The Bertz CT molecular complexity index is 347. The van der Waals surface area contributed by atoms with Crippen molar-refractivity contribution < 1.29 is 9.53 Å². The predicted molar refractivity (Wildman–Crippen MR) is 65.9 cm³/mol. The Labute approximate surface area is 107 Å². The van der Waals surface area contributed by atoms with Crippen molar-refractivity contribution in [3.05, 3.63) is 12.2 Å². The third kappa shape index (κ3) is 4.44. The molecule has 1 aliphatic heterocycles. The first-order valence-electron chi connectivity index (χ1n) is 6.57. The smallest absolute Gasteiger partial charge is 0.220 e. The quantitative estimate of drug-likeness (QED) is 0.785. The van der Waals surface area contributed by atoms with Gasteiger partial charge in [0.1, 0.15) is 12.2 Å². The van der Waals surface area contributed by atoms with Crippen LogP contribution in [0.25, 0.3) is 0 Å². The van der Waals surface area contributed by atoms with E-state index in [2.05, 4.69) is 20.5 Å². The number of hydrogen-bond donors (Lipinski definition) is 2. The number of nitrogens with one attached hydrogen (secondary N) is 2. The summed E-state index contributed by atoms with van der Waals surface area (Å²) in [4.78, 5) is 15.6. The highest BCUT2D eigenvalue weighted by Crippen LogP contribution is 2.16. The molecule has 0 spiro atoms. The zero-order valence-corrected chi connectivity index (χ0v) is 10.5. The highest BCUT2D eigenvalue weighted by atomic mass is 16.5. The van der Waals surface area contributed by atoms with Crippen LogP contribution in [0.4, 0.5) is 0 Å². The van der Waals surface area contributed by atoms with Crippen LogP contribution in [0.5, 0.6) is 0 Å². The van der Waals surface area contributed by atoms with Crippen LogP contribution in [-0.4, -0.2) is 40.3 Å². The predicted octanol–water partition coefficient (Wildman–Crippen LogP) is 0.813. The summed E-state index contributed by atoms with van der Waals surface area (Å²) >= 11 is 0. The number of ether oxygens (including phenoxy) is 1. The number of H-pyrrole nitrogens is 1. The maximum absolute atomic E-state index is 11.6. The third-order valence-corrected chi connectivity index (χ3v) is 3.12. The van der Waals surface area contributed by atoms with Gasteiger partial charge in [-0.15, -0.1) is 0 Å². The monoisotopic (exact) mass is 252 g/mol. The maximum atomic E-state index is 11.6. The van der Waals surface area contributed by atoms with E-state index in [1.807, 2.05) is 0 Å². The van der Waals surface area contributed by atoms with Gasteiger partial charge >= 0.3 is 0 Å². The van der Waals surface area contributed by atoms with E-state index in [0.29, 0.717) is 19.4 Å². The van der Waals surface area contributed by atoms with Crippen molar-refractivity contribution in [2.24, 2.45) is 0 Å². The molecule has 1 amide bonds. The summed E-state index contributed by atoms with van der Waals surface area (Å²) in [6.45, 7) is 1.44. The van der Waals surface area contributed by atoms with Crippen LogP contribution in [0, 0.1) is 0 Å². The second-order valence-corrected chi connectivity index (χ2v) is 4.56. The maximum Gasteiger partial charge on any atom is 0.220 e. The molecule has 6 nitrogen and oxygen atoms in total. The topological polar surface area (TPSA) is 79.9 Å². The molecule has 0 saturated carbocycles. The van der Waals surface area contributed by atoms with E-state index in [0.717, 1.165) is 31.7 Å². The lowest BCUT2D eigenvalue weighted by Gasteiger charge is -2.22. The summed E-state index contributed by atoms with van der Waals surface area (Å²) in [5.74, 6) is 0.884. The second-order valence-electron chi connectivity index (χ2n) is 4.56. The molecular weight excluding hydrogens is 232 g/mol. The molecule has 1 aromatic rings. The summed E-state index contributed by atoms with van der Waals surface area (Å²) in [5.41, 5.74) is 0. The molecule has 2 rings (SSSR count). The minimum absolute atomic E-state index is 0.0867. The van der Waals surface area contributed by atoms with Crippen molar-refractivity contribution >= 4 is 5.91 Å². The molecule has 1 aliphatic rings. The molecule has 100 valence electrons. The van der Waals surface area contributed by atoms with Crippen molar-refractivity contribution in [1.82, 2.24) is 20.5 Å². The van der Waals surface area contributed by atoms with Crippen LogP contribution in [-0.2, 0) is 16.0 Å². The number of aromatic nitrogens is 3. The minimum atomic E-state index is 0.0867. The second kappa shape index (κ2) is 7.10. The van der Waals surface area contributed by atoms with Crippen LogP contribution in [0.15, 0.2) is 6.33 Å². The van der Waals surface area contributed by atoms with Gasteiger partial charge in [0.15, 0.2) is 0 Å². The van der Waals surface area contributed by atoms with Gasteiger partial charge in [-0.2, -0.15) is 5.10 Å². The molecular formula is C12H20N4O2. The fourth-order valence-corrected chi connectivity index (χ4v) is 2.09. The highest BCUT2D eigenvalue weighted by Gasteiger charge is 2.14. The van der Waals surface area contributed by atoms with Gasteiger partial charge in [-0.1, -0.05) is 0 Å². The average molecular weight is 252 g/mol. The molecule has 2 N–H and O–H groups in total. The van der Waals surface area contributed by atoms with Gasteiger partial charge in [-0.3, -0.25) is 9.89 Å². The first kappa shape index (κ1) is 13.0. The van der Waals surface area contributed by atoms with Gasteiger partial charge in [0, 0.05) is 26.0 Å². The first-order chi connectivity index (χ1) is 8.84. The van der Waals surface area contributed by atoms with Crippen LogP contribution in [0.2, 0.25) is 0 Å². The van der Waals surface area contributed by atoms with Crippen molar-refractivity contribution in [3.63, 3.8) is 0 Å². The zero-order chi connectivity index (χ0) is 12.6. The van der Waals surface area contributed by atoms with Gasteiger partial charge in [-0.05, 0) is 25.7 Å². The lowest BCUT2D eigenvalue weighted by atomic mass is 10.0. The summed E-state index contributed by atoms with van der Waals surface area (Å²) in [6, 6.07) is 0. The summed E-state index contributed by atoms with van der Waals surface area (Å²) < 4.78 is 5.59. The van der Waals surface area contributed by atoms with Gasteiger partial charge < -0.3 is 10.1 Å². The number of rotatable bonds is 6. The van der Waals surface area contributed by atoms with Crippen LogP contribution < -0.4 is 5.32 Å². The summed E-state index contributed by atoms with van der Waals surface area (Å²) in [6.07, 6.45) is 7.26. The molecule has 1 unspecified atom stereocenters. The van der Waals surface area contributed by atoms with Crippen LogP contribution in [0.3, 0.4) is 0 Å². The number of carbonyl (C=O) groups excluding carboxylic acids is 1. The number of aromatic amines is 1. The number of nitrogens with zero attached hydrogens (tertiary/aromatic N) is 2. The Balaban J connectivity index is 1.54. The van der Waals surface area contributed by atoms with Gasteiger partial charge in [0.05, 0.1) is 6.10 Å². The van der Waals surface area contributed by atoms with E-state index >= 15 is 0 Å². The Morgan fingerprint density at radius 3 is 3.22 bits per heavy atom. The molecule has 0 bridgehead atoms. The van der Waals surface area contributed by atoms with Crippen molar-refractivity contribution in [2.75, 3.05) is 13.2 Å². The number of amides is 1. The van der Waals surface area contributed by atoms with E-state index in [1.165, 1.54) is 12.7 Å². The SMILES string of the molecule is O=C(CCC1CCCCO1)NCCc1ncn[nH]1. The molecule has 1 saturated heterocycles. The van der Waals surface area contributed by atoms with E-state index in [1.54, 1.807) is 0 Å². The highest BCUT2D eigenvalue weighted by molar-refractivity contribution is 5.75. The minimum Gasteiger partial charge on any atom is -0.378 e.